The molecule has 0 spiro atoms. The highest BCUT2D eigenvalue weighted by atomic mass is 35.5. The Labute approximate surface area is 113 Å². The fraction of sp³-hybridized carbons (Fsp3) is 0.538. The minimum atomic E-state index is 0.593. The van der Waals surface area contributed by atoms with E-state index in [0.717, 1.165) is 17.3 Å². The molecule has 0 fully saturated rings. The van der Waals surface area contributed by atoms with Crippen molar-refractivity contribution in [3.05, 3.63) is 34.9 Å². The van der Waals surface area contributed by atoms with Crippen LogP contribution in [0.2, 0.25) is 5.02 Å². The molecule has 0 bridgehead atoms. The van der Waals surface area contributed by atoms with Gasteiger partial charge in [-0.1, -0.05) is 23.7 Å². The lowest BCUT2D eigenvalue weighted by Crippen LogP contribution is -2.07. The van der Waals surface area contributed by atoms with Crippen molar-refractivity contribution in [2.45, 2.75) is 19.3 Å². The summed E-state index contributed by atoms with van der Waals surface area (Å²) in [5.74, 6) is 2.57. The van der Waals surface area contributed by atoms with Gasteiger partial charge in [0.05, 0.1) is 0 Å². The standard InChI is InChI=1S/C13H18Cl2S/c1-16-8-2-3-12(10-14)9-11-4-6-13(15)7-5-11/h4-7,12H,2-3,8-10H2,1H3. The summed E-state index contributed by atoms with van der Waals surface area (Å²) in [5.41, 5.74) is 1.33. The zero-order chi connectivity index (χ0) is 11.8. The van der Waals surface area contributed by atoms with Crippen molar-refractivity contribution >= 4 is 35.0 Å². The Kier molecular flexibility index (Phi) is 7.35. The first-order valence-corrected chi connectivity index (χ1v) is 7.86. The molecule has 0 nitrogen and oxygen atoms in total. The molecule has 0 aliphatic carbocycles. The van der Waals surface area contributed by atoms with Crippen LogP contribution in [0.5, 0.6) is 0 Å². The van der Waals surface area contributed by atoms with Gasteiger partial charge in [-0.15, -0.1) is 11.6 Å². The van der Waals surface area contributed by atoms with E-state index in [2.05, 4.69) is 18.4 Å². The molecule has 1 aromatic rings. The summed E-state index contributed by atoms with van der Waals surface area (Å²) in [5, 5.41) is 0.800. The van der Waals surface area contributed by atoms with Gasteiger partial charge in [0, 0.05) is 10.9 Å². The molecule has 0 radical (unpaired) electrons. The van der Waals surface area contributed by atoms with Gasteiger partial charge >= 0.3 is 0 Å². The Morgan fingerprint density at radius 1 is 1.25 bits per heavy atom. The zero-order valence-electron chi connectivity index (χ0n) is 9.59. The number of rotatable bonds is 7. The van der Waals surface area contributed by atoms with Gasteiger partial charge in [-0.2, -0.15) is 11.8 Å². The normalized spacial score (nSPS) is 12.7. The van der Waals surface area contributed by atoms with E-state index in [9.17, 15) is 0 Å². The van der Waals surface area contributed by atoms with E-state index in [1.165, 1.54) is 24.2 Å². The summed E-state index contributed by atoms with van der Waals surface area (Å²) < 4.78 is 0. The second-order valence-electron chi connectivity index (χ2n) is 3.99. The average Bonchev–Trinajstić information content (AvgIpc) is 2.31. The van der Waals surface area contributed by atoms with Gasteiger partial charge in [0.2, 0.25) is 0 Å². The van der Waals surface area contributed by atoms with Gasteiger partial charge in [-0.25, -0.2) is 0 Å². The molecule has 0 saturated heterocycles. The summed E-state index contributed by atoms with van der Waals surface area (Å²) in [6.07, 6.45) is 5.68. The van der Waals surface area contributed by atoms with Crippen LogP contribution in [0.15, 0.2) is 24.3 Å². The predicted octanol–water partition coefficient (Wildman–Crippen LogP) is 4.88. The van der Waals surface area contributed by atoms with Crippen molar-refractivity contribution < 1.29 is 0 Å². The molecule has 0 aliphatic heterocycles. The van der Waals surface area contributed by atoms with Crippen molar-refractivity contribution in [2.24, 2.45) is 5.92 Å². The number of halogens is 2. The summed E-state index contributed by atoms with van der Waals surface area (Å²) >= 11 is 13.8. The van der Waals surface area contributed by atoms with Gasteiger partial charge in [0.25, 0.3) is 0 Å². The number of thioether (sulfide) groups is 1. The molecule has 90 valence electrons. The Hall–Kier alpha value is 0.150. The van der Waals surface area contributed by atoms with Crippen LogP contribution in [0.1, 0.15) is 18.4 Å². The lowest BCUT2D eigenvalue weighted by molar-refractivity contribution is 0.531. The summed E-state index contributed by atoms with van der Waals surface area (Å²) in [6, 6.07) is 8.08. The molecule has 0 saturated carbocycles. The highest BCUT2D eigenvalue weighted by Crippen LogP contribution is 2.18. The van der Waals surface area contributed by atoms with E-state index in [1.54, 1.807) is 0 Å². The second-order valence-corrected chi connectivity index (χ2v) is 5.72. The SMILES string of the molecule is CSCCCC(CCl)Cc1ccc(Cl)cc1. The molecule has 0 amide bonds. The largest absolute Gasteiger partial charge is 0.165 e. The van der Waals surface area contributed by atoms with Crippen LogP contribution in [-0.4, -0.2) is 17.9 Å². The first-order valence-electron chi connectivity index (χ1n) is 5.55. The Morgan fingerprint density at radius 2 is 1.94 bits per heavy atom. The van der Waals surface area contributed by atoms with E-state index < -0.39 is 0 Å². The van der Waals surface area contributed by atoms with Crippen LogP contribution in [0, 0.1) is 5.92 Å². The number of alkyl halides is 1. The monoisotopic (exact) mass is 276 g/mol. The second kappa shape index (κ2) is 8.27. The van der Waals surface area contributed by atoms with Crippen molar-refractivity contribution in [2.75, 3.05) is 17.9 Å². The Balaban J connectivity index is 2.40. The third kappa shape index (κ3) is 5.47. The smallest absolute Gasteiger partial charge is 0.0406 e. The molecule has 1 atom stereocenters. The van der Waals surface area contributed by atoms with E-state index >= 15 is 0 Å². The zero-order valence-corrected chi connectivity index (χ0v) is 11.9. The van der Waals surface area contributed by atoms with Gasteiger partial charge < -0.3 is 0 Å². The first kappa shape index (κ1) is 14.2. The van der Waals surface area contributed by atoms with E-state index in [0.29, 0.717) is 5.92 Å². The molecular formula is C13H18Cl2S. The maximum Gasteiger partial charge on any atom is 0.0406 e. The summed E-state index contributed by atoms with van der Waals surface area (Å²) in [4.78, 5) is 0. The topological polar surface area (TPSA) is 0 Å². The molecule has 0 aliphatic rings. The van der Waals surface area contributed by atoms with E-state index in [4.69, 9.17) is 23.2 Å². The van der Waals surface area contributed by atoms with Crippen LogP contribution < -0.4 is 0 Å². The molecular weight excluding hydrogens is 259 g/mol. The number of benzene rings is 1. The minimum absolute atomic E-state index is 0.593. The molecule has 3 heteroatoms. The predicted molar refractivity (Wildman–Crippen MR) is 77.0 cm³/mol. The van der Waals surface area contributed by atoms with Crippen LogP contribution in [-0.2, 0) is 6.42 Å². The van der Waals surface area contributed by atoms with E-state index in [1.807, 2.05) is 23.9 Å². The van der Waals surface area contributed by atoms with Crippen LogP contribution >= 0.6 is 35.0 Å². The first-order chi connectivity index (χ1) is 7.76. The molecule has 1 rings (SSSR count). The minimum Gasteiger partial charge on any atom is -0.165 e. The highest BCUT2D eigenvalue weighted by Gasteiger charge is 2.08. The van der Waals surface area contributed by atoms with Crippen molar-refractivity contribution in [1.82, 2.24) is 0 Å². The van der Waals surface area contributed by atoms with E-state index in [-0.39, 0.29) is 0 Å². The van der Waals surface area contributed by atoms with Gasteiger partial charge in [0.15, 0.2) is 0 Å². The van der Waals surface area contributed by atoms with Gasteiger partial charge in [0.1, 0.15) is 0 Å². The summed E-state index contributed by atoms with van der Waals surface area (Å²) in [7, 11) is 0. The Bertz CT molecular complexity index is 284. The number of hydrogen-bond donors (Lipinski definition) is 0. The fourth-order valence-electron chi connectivity index (χ4n) is 1.70. The van der Waals surface area contributed by atoms with Gasteiger partial charge in [-0.3, -0.25) is 0 Å². The molecule has 0 N–H and O–H groups in total. The molecule has 0 heterocycles. The van der Waals surface area contributed by atoms with Crippen molar-refractivity contribution in [1.29, 1.82) is 0 Å². The fourth-order valence-corrected chi connectivity index (χ4v) is 2.55. The molecule has 1 aromatic carbocycles. The van der Waals surface area contributed by atoms with Gasteiger partial charge in [-0.05, 0) is 54.9 Å². The quantitative estimate of drug-likeness (QED) is 0.505. The molecule has 0 aromatic heterocycles. The molecule has 16 heavy (non-hydrogen) atoms. The van der Waals surface area contributed by atoms with Crippen LogP contribution in [0.25, 0.3) is 0 Å². The highest BCUT2D eigenvalue weighted by molar-refractivity contribution is 7.98. The van der Waals surface area contributed by atoms with Crippen LogP contribution in [0.4, 0.5) is 0 Å². The maximum absolute atomic E-state index is 5.99. The Morgan fingerprint density at radius 3 is 2.50 bits per heavy atom. The van der Waals surface area contributed by atoms with Crippen molar-refractivity contribution in [3.63, 3.8) is 0 Å². The van der Waals surface area contributed by atoms with Crippen molar-refractivity contribution in [3.8, 4) is 0 Å². The maximum atomic E-state index is 5.99. The average molecular weight is 277 g/mol. The third-order valence-corrected chi connectivity index (χ3v) is 4.00. The number of hydrogen-bond acceptors (Lipinski definition) is 1. The summed E-state index contributed by atoms with van der Waals surface area (Å²) in [6.45, 7) is 0. The lowest BCUT2D eigenvalue weighted by Gasteiger charge is -2.13. The molecule has 1 unspecified atom stereocenters. The van der Waals surface area contributed by atoms with Crippen LogP contribution in [0.3, 0.4) is 0 Å². The lowest BCUT2D eigenvalue weighted by atomic mass is 9.97. The third-order valence-electron chi connectivity index (χ3n) is 2.62.